The Morgan fingerprint density at radius 3 is 3.22 bits per heavy atom. The van der Waals surface area contributed by atoms with Crippen LogP contribution in [0.1, 0.15) is 27.7 Å². The standard InChI is InChI=1S/C16H18N4O3/c1-23-16(22)12-4-2-3-11(7-12)5-6-20-10-19-14-13(21)8-17-9-18-15(14)20/h2-4,7,9-10,13,21H,5-6,8H2,1H3,(H,17,18). The normalized spacial score (nSPS) is 16.3. The molecule has 2 N–H and O–H groups in total. The lowest BCUT2D eigenvalue weighted by Crippen LogP contribution is -2.08. The second-order valence-corrected chi connectivity index (χ2v) is 5.27. The minimum Gasteiger partial charge on any atom is -0.465 e. The molecule has 3 rings (SSSR count). The number of esters is 1. The van der Waals surface area contributed by atoms with Gasteiger partial charge in [-0.3, -0.25) is 4.99 Å². The van der Waals surface area contributed by atoms with E-state index in [4.69, 9.17) is 4.74 Å². The van der Waals surface area contributed by atoms with Crippen LogP contribution in [0, 0.1) is 0 Å². The number of hydrogen-bond acceptors (Lipinski definition) is 6. The number of aliphatic hydroxyl groups excluding tert-OH is 1. The molecular formula is C16H18N4O3. The maximum Gasteiger partial charge on any atom is 0.337 e. The van der Waals surface area contributed by atoms with Crippen LogP contribution in [0.15, 0.2) is 35.6 Å². The van der Waals surface area contributed by atoms with Crippen molar-refractivity contribution in [1.82, 2.24) is 9.55 Å². The van der Waals surface area contributed by atoms with Gasteiger partial charge in [0.25, 0.3) is 0 Å². The molecule has 1 aliphatic heterocycles. The van der Waals surface area contributed by atoms with Crippen LogP contribution in [0.5, 0.6) is 0 Å². The number of carbonyl (C=O) groups is 1. The number of imidazole rings is 1. The highest BCUT2D eigenvalue weighted by molar-refractivity contribution is 5.89. The third kappa shape index (κ3) is 3.24. The van der Waals surface area contributed by atoms with Crippen LogP contribution in [0.3, 0.4) is 0 Å². The van der Waals surface area contributed by atoms with Gasteiger partial charge in [-0.05, 0) is 24.1 Å². The van der Waals surface area contributed by atoms with E-state index in [1.54, 1.807) is 18.7 Å². The monoisotopic (exact) mass is 314 g/mol. The third-order valence-electron chi connectivity index (χ3n) is 3.74. The molecule has 0 saturated carbocycles. The molecule has 0 radical (unpaired) electrons. The smallest absolute Gasteiger partial charge is 0.337 e. The van der Waals surface area contributed by atoms with Crippen molar-refractivity contribution < 1.29 is 14.6 Å². The van der Waals surface area contributed by atoms with Crippen molar-refractivity contribution in [2.45, 2.75) is 19.1 Å². The molecule has 0 bridgehead atoms. The lowest BCUT2D eigenvalue weighted by atomic mass is 10.1. The molecule has 1 aliphatic rings. The van der Waals surface area contributed by atoms with E-state index >= 15 is 0 Å². The Balaban J connectivity index is 1.74. The van der Waals surface area contributed by atoms with E-state index < -0.39 is 6.10 Å². The Labute approximate surface area is 133 Å². The van der Waals surface area contributed by atoms with Crippen LogP contribution < -0.4 is 5.32 Å². The number of aromatic nitrogens is 2. The molecule has 0 aliphatic carbocycles. The van der Waals surface area contributed by atoms with Gasteiger partial charge in [0.15, 0.2) is 0 Å². The molecule has 1 aromatic carbocycles. The van der Waals surface area contributed by atoms with Crippen molar-refractivity contribution in [3.8, 4) is 0 Å². The van der Waals surface area contributed by atoms with Crippen LogP contribution in [0.4, 0.5) is 5.82 Å². The summed E-state index contributed by atoms with van der Waals surface area (Å²) in [5, 5.41) is 13.0. The minimum atomic E-state index is -0.694. The van der Waals surface area contributed by atoms with Gasteiger partial charge >= 0.3 is 5.97 Å². The van der Waals surface area contributed by atoms with E-state index in [-0.39, 0.29) is 5.97 Å². The largest absolute Gasteiger partial charge is 0.465 e. The Hall–Kier alpha value is -2.67. The number of anilines is 1. The first-order valence-electron chi connectivity index (χ1n) is 7.34. The number of aryl methyl sites for hydroxylation is 2. The first kappa shape index (κ1) is 15.2. The van der Waals surface area contributed by atoms with Crippen LogP contribution in [0.2, 0.25) is 0 Å². The first-order chi connectivity index (χ1) is 11.2. The fraction of sp³-hybridized carbons (Fsp3) is 0.312. The van der Waals surface area contributed by atoms with Crippen LogP contribution in [-0.2, 0) is 17.7 Å². The van der Waals surface area contributed by atoms with Gasteiger partial charge in [-0.1, -0.05) is 12.1 Å². The lowest BCUT2D eigenvalue weighted by molar-refractivity contribution is 0.0600. The maximum absolute atomic E-state index is 11.6. The molecule has 0 fully saturated rings. The number of fused-ring (bicyclic) bond motifs is 1. The van der Waals surface area contributed by atoms with Crippen LogP contribution in [-0.4, -0.2) is 40.6 Å². The minimum absolute atomic E-state index is 0.304. The first-order valence-corrected chi connectivity index (χ1v) is 7.34. The molecule has 1 unspecified atom stereocenters. The average molecular weight is 314 g/mol. The molecule has 7 heteroatoms. The maximum atomic E-state index is 11.6. The Kier molecular flexibility index (Phi) is 4.38. The molecule has 7 nitrogen and oxygen atoms in total. The second kappa shape index (κ2) is 6.62. The Morgan fingerprint density at radius 2 is 2.39 bits per heavy atom. The average Bonchev–Trinajstić information content (AvgIpc) is 2.90. The van der Waals surface area contributed by atoms with Crippen LogP contribution in [0.25, 0.3) is 0 Å². The van der Waals surface area contributed by atoms with Gasteiger partial charge in [0.1, 0.15) is 17.6 Å². The molecule has 0 spiro atoms. The number of rotatable bonds is 4. The zero-order valence-electron chi connectivity index (χ0n) is 12.8. The highest BCUT2D eigenvalue weighted by Crippen LogP contribution is 2.23. The van der Waals surface area contributed by atoms with Gasteiger partial charge in [0.05, 0.1) is 31.9 Å². The molecule has 120 valence electrons. The van der Waals surface area contributed by atoms with Crippen molar-refractivity contribution in [2.75, 3.05) is 19.0 Å². The number of nitrogens with zero attached hydrogens (tertiary/aromatic N) is 3. The highest BCUT2D eigenvalue weighted by Gasteiger charge is 2.19. The predicted molar refractivity (Wildman–Crippen MR) is 85.7 cm³/mol. The van der Waals surface area contributed by atoms with Crippen molar-refractivity contribution in [3.63, 3.8) is 0 Å². The molecule has 1 atom stereocenters. The quantitative estimate of drug-likeness (QED) is 0.833. The van der Waals surface area contributed by atoms with E-state index in [0.717, 1.165) is 17.8 Å². The third-order valence-corrected chi connectivity index (χ3v) is 3.74. The van der Waals surface area contributed by atoms with Crippen LogP contribution >= 0.6 is 0 Å². The molecule has 23 heavy (non-hydrogen) atoms. The van der Waals surface area contributed by atoms with Gasteiger partial charge < -0.3 is 19.7 Å². The summed E-state index contributed by atoms with van der Waals surface area (Å²) in [6.45, 7) is 0.971. The molecule has 2 heterocycles. The molecule has 2 aromatic rings. The summed E-state index contributed by atoms with van der Waals surface area (Å²) in [6.07, 6.45) is 3.30. The molecule has 0 saturated heterocycles. The summed E-state index contributed by atoms with van der Waals surface area (Å²) in [6, 6.07) is 7.36. The SMILES string of the molecule is COC(=O)c1cccc(CCn2cnc3c2NC=NCC3O)c1. The fourth-order valence-electron chi connectivity index (χ4n) is 2.54. The summed E-state index contributed by atoms with van der Waals surface area (Å²) in [5.41, 5.74) is 2.17. The fourth-order valence-corrected chi connectivity index (χ4v) is 2.54. The van der Waals surface area contributed by atoms with E-state index in [1.165, 1.54) is 7.11 Å². The van der Waals surface area contributed by atoms with Gasteiger partial charge in [-0.2, -0.15) is 0 Å². The number of methoxy groups -OCH3 is 1. The van der Waals surface area contributed by atoms with Gasteiger partial charge in [0.2, 0.25) is 0 Å². The van der Waals surface area contributed by atoms with Crippen molar-refractivity contribution in [3.05, 3.63) is 47.4 Å². The van der Waals surface area contributed by atoms with E-state index in [2.05, 4.69) is 15.3 Å². The number of aliphatic hydroxyl groups is 1. The summed E-state index contributed by atoms with van der Waals surface area (Å²) in [4.78, 5) is 19.9. The van der Waals surface area contributed by atoms with Gasteiger partial charge in [0, 0.05) is 6.54 Å². The Morgan fingerprint density at radius 1 is 1.52 bits per heavy atom. The predicted octanol–water partition coefficient (Wildman–Crippen LogP) is 1.40. The summed E-state index contributed by atoms with van der Waals surface area (Å²) < 4.78 is 6.67. The molecule has 1 aromatic heterocycles. The second-order valence-electron chi connectivity index (χ2n) is 5.27. The van der Waals surface area contributed by atoms with Gasteiger partial charge in [-0.25, -0.2) is 9.78 Å². The lowest BCUT2D eigenvalue weighted by Gasteiger charge is -2.10. The Bertz CT molecular complexity index is 739. The highest BCUT2D eigenvalue weighted by atomic mass is 16.5. The number of nitrogens with one attached hydrogen (secondary N) is 1. The van der Waals surface area contributed by atoms with Crippen molar-refractivity contribution >= 4 is 18.1 Å². The number of hydrogen-bond donors (Lipinski definition) is 2. The van der Waals surface area contributed by atoms with E-state index in [1.807, 2.05) is 22.8 Å². The number of ether oxygens (including phenoxy) is 1. The molecular weight excluding hydrogens is 296 g/mol. The summed E-state index contributed by atoms with van der Waals surface area (Å²) in [7, 11) is 1.37. The topological polar surface area (TPSA) is 88.7 Å². The number of benzene rings is 1. The summed E-state index contributed by atoms with van der Waals surface area (Å²) in [5.74, 6) is 0.409. The van der Waals surface area contributed by atoms with Crippen molar-refractivity contribution in [2.24, 2.45) is 4.99 Å². The zero-order valence-corrected chi connectivity index (χ0v) is 12.8. The number of aliphatic imine (C=N–C) groups is 1. The zero-order chi connectivity index (χ0) is 16.2. The van der Waals surface area contributed by atoms with E-state index in [0.29, 0.717) is 24.3 Å². The van der Waals surface area contributed by atoms with E-state index in [9.17, 15) is 9.90 Å². The summed E-state index contributed by atoms with van der Waals surface area (Å²) >= 11 is 0. The van der Waals surface area contributed by atoms with Crippen molar-refractivity contribution in [1.29, 1.82) is 0 Å². The molecule has 0 amide bonds. The number of carbonyl (C=O) groups excluding carboxylic acids is 1. The van der Waals surface area contributed by atoms with Gasteiger partial charge in [-0.15, -0.1) is 0 Å².